The summed E-state index contributed by atoms with van der Waals surface area (Å²) in [7, 11) is 1.69. The smallest absolute Gasteiger partial charge is 0.119 e. The molecule has 0 amide bonds. The van der Waals surface area contributed by atoms with Crippen LogP contribution in [-0.2, 0) is 6.42 Å². The van der Waals surface area contributed by atoms with Crippen molar-refractivity contribution < 1.29 is 4.74 Å². The van der Waals surface area contributed by atoms with Crippen molar-refractivity contribution in [2.75, 3.05) is 13.7 Å². The van der Waals surface area contributed by atoms with Gasteiger partial charge in [0.15, 0.2) is 0 Å². The lowest BCUT2D eigenvalue weighted by molar-refractivity contribution is 0.250. The summed E-state index contributed by atoms with van der Waals surface area (Å²) >= 11 is 0. The van der Waals surface area contributed by atoms with Crippen LogP contribution in [0.2, 0.25) is 0 Å². The summed E-state index contributed by atoms with van der Waals surface area (Å²) in [6.07, 6.45) is 5.18. The molecule has 0 spiro atoms. The van der Waals surface area contributed by atoms with Crippen molar-refractivity contribution in [2.24, 2.45) is 5.92 Å². The maximum atomic E-state index is 9.47. The fourth-order valence-electron chi connectivity index (χ4n) is 2.86. The molecule has 2 rings (SSSR count). The van der Waals surface area contributed by atoms with Crippen LogP contribution in [0, 0.1) is 17.2 Å². The number of ether oxygens (including phenoxy) is 1. The van der Waals surface area contributed by atoms with Crippen LogP contribution in [0.1, 0.15) is 38.2 Å². The maximum absolute atomic E-state index is 9.47. The van der Waals surface area contributed by atoms with Gasteiger partial charge in [-0.2, -0.15) is 5.26 Å². The SMILES string of the molecule is COc1cccc(CCNC2(C#N)CCC(C)CC2)c1. The largest absolute Gasteiger partial charge is 0.497 e. The zero-order chi connectivity index (χ0) is 14.4. The van der Waals surface area contributed by atoms with E-state index in [1.807, 2.05) is 12.1 Å². The third kappa shape index (κ3) is 3.74. The van der Waals surface area contributed by atoms with Gasteiger partial charge < -0.3 is 4.74 Å². The summed E-state index contributed by atoms with van der Waals surface area (Å²) < 4.78 is 5.23. The van der Waals surface area contributed by atoms with E-state index < -0.39 is 0 Å². The van der Waals surface area contributed by atoms with Crippen LogP contribution in [0.15, 0.2) is 24.3 Å². The Bertz CT molecular complexity index is 470. The van der Waals surface area contributed by atoms with Crippen LogP contribution in [0.5, 0.6) is 5.75 Å². The van der Waals surface area contributed by atoms with E-state index >= 15 is 0 Å². The highest BCUT2D eigenvalue weighted by Crippen LogP contribution is 2.31. The van der Waals surface area contributed by atoms with Crippen LogP contribution < -0.4 is 10.1 Å². The van der Waals surface area contributed by atoms with Gasteiger partial charge in [0.05, 0.1) is 13.2 Å². The van der Waals surface area contributed by atoms with E-state index in [1.165, 1.54) is 5.56 Å². The lowest BCUT2D eigenvalue weighted by Crippen LogP contribution is -2.47. The van der Waals surface area contributed by atoms with E-state index in [9.17, 15) is 5.26 Å². The van der Waals surface area contributed by atoms with Crippen LogP contribution >= 0.6 is 0 Å². The van der Waals surface area contributed by atoms with Crippen molar-refractivity contribution in [1.82, 2.24) is 5.32 Å². The molecule has 0 heterocycles. The van der Waals surface area contributed by atoms with Crippen molar-refractivity contribution in [1.29, 1.82) is 5.26 Å². The molecule has 1 aromatic carbocycles. The number of methoxy groups -OCH3 is 1. The number of hydrogen-bond donors (Lipinski definition) is 1. The van der Waals surface area contributed by atoms with Crippen molar-refractivity contribution >= 4 is 0 Å². The lowest BCUT2D eigenvalue weighted by atomic mass is 9.78. The molecule has 1 aromatic rings. The van der Waals surface area contributed by atoms with Gasteiger partial charge in [-0.05, 0) is 55.7 Å². The third-order valence-corrected chi connectivity index (χ3v) is 4.35. The molecule has 0 unspecified atom stereocenters. The van der Waals surface area contributed by atoms with Crippen LogP contribution in [0.3, 0.4) is 0 Å². The number of nitriles is 1. The van der Waals surface area contributed by atoms with E-state index in [4.69, 9.17) is 4.74 Å². The van der Waals surface area contributed by atoms with Gasteiger partial charge in [-0.25, -0.2) is 0 Å². The summed E-state index contributed by atoms with van der Waals surface area (Å²) in [5, 5.41) is 13.0. The van der Waals surface area contributed by atoms with Crippen LogP contribution in [-0.4, -0.2) is 19.2 Å². The predicted molar refractivity (Wildman–Crippen MR) is 80.7 cm³/mol. The number of nitrogens with zero attached hydrogens (tertiary/aromatic N) is 1. The quantitative estimate of drug-likeness (QED) is 0.894. The third-order valence-electron chi connectivity index (χ3n) is 4.35. The molecule has 108 valence electrons. The molecule has 0 aliphatic heterocycles. The fraction of sp³-hybridized carbons (Fsp3) is 0.588. The predicted octanol–water partition coefficient (Wildman–Crippen LogP) is 3.30. The molecule has 1 saturated carbocycles. The van der Waals surface area contributed by atoms with Gasteiger partial charge in [0.25, 0.3) is 0 Å². The van der Waals surface area contributed by atoms with Crippen LogP contribution in [0.4, 0.5) is 0 Å². The summed E-state index contributed by atoms with van der Waals surface area (Å²) in [6, 6.07) is 10.6. The lowest BCUT2D eigenvalue weighted by Gasteiger charge is -2.34. The van der Waals surface area contributed by atoms with Crippen molar-refractivity contribution in [2.45, 2.75) is 44.6 Å². The van der Waals surface area contributed by atoms with Gasteiger partial charge in [0.2, 0.25) is 0 Å². The van der Waals surface area contributed by atoms with Crippen molar-refractivity contribution in [3.05, 3.63) is 29.8 Å². The van der Waals surface area contributed by atoms with Crippen molar-refractivity contribution in [3.8, 4) is 11.8 Å². The average Bonchev–Trinajstić information content (AvgIpc) is 2.50. The molecule has 20 heavy (non-hydrogen) atoms. The number of nitrogens with one attached hydrogen (secondary N) is 1. The Morgan fingerprint density at radius 2 is 2.15 bits per heavy atom. The Morgan fingerprint density at radius 1 is 1.40 bits per heavy atom. The van der Waals surface area contributed by atoms with Crippen LogP contribution in [0.25, 0.3) is 0 Å². The molecule has 0 saturated heterocycles. The molecular weight excluding hydrogens is 248 g/mol. The Kier molecular flexibility index (Phi) is 5.03. The second kappa shape index (κ2) is 6.76. The molecule has 1 N–H and O–H groups in total. The summed E-state index contributed by atoms with van der Waals surface area (Å²) in [6.45, 7) is 3.12. The zero-order valence-electron chi connectivity index (χ0n) is 12.5. The Hall–Kier alpha value is -1.53. The van der Waals surface area contributed by atoms with Gasteiger partial charge in [0, 0.05) is 6.54 Å². The first-order valence-electron chi connectivity index (χ1n) is 7.47. The Labute approximate surface area is 121 Å². The van der Waals surface area contributed by atoms with Gasteiger partial charge in [-0.1, -0.05) is 19.1 Å². The number of hydrogen-bond acceptors (Lipinski definition) is 3. The van der Waals surface area contributed by atoms with Gasteiger partial charge in [-0.3, -0.25) is 5.32 Å². The normalized spacial score (nSPS) is 25.9. The first-order valence-corrected chi connectivity index (χ1v) is 7.47. The first kappa shape index (κ1) is 14.9. The maximum Gasteiger partial charge on any atom is 0.119 e. The van der Waals surface area contributed by atoms with Gasteiger partial charge >= 0.3 is 0 Å². The molecule has 3 heteroatoms. The average molecular weight is 272 g/mol. The van der Waals surface area contributed by atoms with E-state index in [1.54, 1.807) is 7.11 Å². The fourth-order valence-corrected chi connectivity index (χ4v) is 2.86. The Balaban J connectivity index is 1.86. The highest BCUT2D eigenvalue weighted by atomic mass is 16.5. The summed E-state index contributed by atoms with van der Waals surface area (Å²) in [5.74, 6) is 1.65. The minimum absolute atomic E-state index is 0.300. The monoisotopic (exact) mass is 272 g/mol. The van der Waals surface area contributed by atoms with E-state index in [2.05, 4.69) is 30.4 Å². The molecule has 1 fully saturated rings. The van der Waals surface area contributed by atoms with E-state index in [-0.39, 0.29) is 5.54 Å². The molecule has 0 atom stereocenters. The zero-order valence-corrected chi connectivity index (χ0v) is 12.5. The van der Waals surface area contributed by atoms with Gasteiger partial charge in [0.1, 0.15) is 11.3 Å². The first-order chi connectivity index (χ1) is 9.67. The molecule has 1 aliphatic rings. The van der Waals surface area contributed by atoms with E-state index in [0.29, 0.717) is 0 Å². The number of rotatable bonds is 5. The summed E-state index contributed by atoms with van der Waals surface area (Å²) in [4.78, 5) is 0. The minimum Gasteiger partial charge on any atom is -0.497 e. The minimum atomic E-state index is -0.300. The van der Waals surface area contributed by atoms with Gasteiger partial charge in [-0.15, -0.1) is 0 Å². The van der Waals surface area contributed by atoms with E-state index in [0.717, 1.165) is 50.3 Å². The second-order valence-electron chi connectivity index (χ2n) is 5.90. The molecule has 1 aliphatic carbocycles. The van der Waals surface area contributed by atoms with Crippen molar-refractivity contribution in [3.63, 3.8) is 0 Å². The standard InChI is InChI=1S/C17H24N2O/c1-14-6-9-17(13-18,10-7-14)19-11-8-15-4-3-5-16(12-15)20-2/h3-5,12,14,19H,6-11H2,1-2H3. The highest BCUT2D eigenvalue weighted by Gasteiger charge is 2.33. The molecule has 0 bridgehead atoms. The molecular formula is C17H24N2O. The number of benzene rings is 1. The Morgan fingerprint density at radius 3 is 2.80 bits per heavy atom. The topological polar surface area (TPSA) is 45.0 Å². The summed E-state index contributed by atoms with van der Waals surface area (Å²) in [5.41, 5.74) is 0.944. The molecule has 3 nitrogen and oxygen atoms in total. The second-order valence-corrected chi connectivity index (χ2v) is 5.90. The molecule has 0 radical (unpaired) electrons. The molecule has 0 aromatic heterocycles. The highest BCUT2D eigenvalue weighted by molar-refractivity contribution is 5.28.